The molecule has 0 radical (unpaired) electrons. The van der Waals surface area contributed by atoms with Crippen molar-refractivity contribution in [2.45, 2.75) is 51.9 Å². The fourth-order valence-electron chi connectivity index (χ4n) is 3.43. The van der Waals surface area contributed by atoms with Gasteiger partial charge in [0.2, 0.25) is 5.95 Å². The lowest BCUT2D eigenvalue weighted by Gasteiger charge is -2.19. The van der Waals surface area contributed by atoms with Crippen LogP contribution in [0, 0.1) is 12.9 Å². The minimum absolute atomic E-state index is 0.0617. The average molecular weight is 475 g/mol. The summed E-state index contributed by atoms with van der Waals surface area (Å²) in [6, 6.07) is -0.889. The summed E-state index contributed by atoms with van der Waals surface area (Å²) in [6.07, 6.45) is -1.94. The van der Waals surface area contributed by atoms with Crippen LogP contribution >= 0.6 is 11.6 Å². The standard InChI is InChI=1S/C20H19ClF4N4O3/c1-9-7-11(8-26-17(9)22)28-18(31)13-12-5-3-4-6-29(12)15(14(13)21)16(30)19(32)27-10(2)20(23,24)25/h7-8,10H,3-6H2,1-2H3,(H,27,32)(H,28,31)/t10-/m0/s1. The summed E-state index contributed by atoms with van der Waals surface area (Å²) in [7, 11) is 0. The Kier molecular flexibility index (Phi) is 6.59. The number of hydrogen-bond acceptors (Lipinski definition) is 4. The van der Waals surface area contributed by atoms with Crippen LogP contribution in [0.1, 0.15) is 51.9 Å². The predicted molar refractivity (Wildman–Crippen MR) is 107 cm³/mol. The number of aryl methyl sites for hydroxylation is 1. The summed E-state index contributed by atoms with van der Waals surface area (Å²) >= 11 is 6.32. The van der Waals surface area contributed by atoms with Crippen LogP contribution in [-0.2, 0) is 17.8 Å². The molecule has 2 amide bonds. The second-order valence-corrected chi connectivity index (χ2v) is 7.82. The molecule has 0 spiro atoms. The topological polar surface area (TPSA) is 93.1 Å². The van der Waals surface area contributed by atoms with Gasteiger partial charge in [0.15, 0.2) is 0 Å². The van der Waals surface area contributed by atoms with Gasteiger partial charge in [-0.1, -0.05) is 11.6 Å². The molecule has 0 aliphatic carbocycles. The van der Waals surface area contributed by atoms with Crippen LogP contribution in [0.3, 0.4) is 0 Å². The molecule has 0 fully saturated rings. The molecule has 1 aliphatic rings. The van der Waals surface area contributed by atoms with Crippen molar-refractivity contribution >= 4 is 34.9 Å². The minimum atomic E-state index is -4.73. The number of aromatic nitrogens is 2. The number of alkyl halides is 3. The third-order valence-corrected chi connectivity index (χ3v) is 5.48. The van der Waals surface area contributed by atoms with Gasteiger partial charge in [-0.3, -0.25) is 14.4 Å². The number of halogens is 5. The number of amides is 2. The molecule has 2 aromatic heterocycles. The summed E-state index contributed by atoms with van der Waals surface area (Å²) in [5.41, 5.74) is 0.371. The van der Waals surface area contributed by atoms with E-state index in [-0.39, 0.29) is 34.1 Å². The Balaban J connectivity index is 1.95. The van der Waals surface area contributed by atoms with E-state index in [1.165, 1.54) is 17.6 Å². The third kappa shape index (κ3) is 4.62. The molecule has 0 unspecified atom stereocenters. The van der Waals surface area contributed by atoms with Crippen LogP contribution in [0.15, 0.2) is 12.3 Å². The van der Waals surface area contributed by atoms with Gasteiger partial charge in [0, 0.05) is 17.8 Å². The SMILES string of the molecule is Cc1cc(NC(=O)c2c(Cl)c(C(=O)C(=O)N[C@@H](C)C(F)(F)F)n3c2CCCC3)cnc1F. The van der Waals surface area contributed by atoms with Crippen molar-refractivity contribution in [1.29, 1.82) is 0 Å². The molecule has 0 saturated heterocycles. The van der Waals surface area contributed by atoms with E-state index in [1.54, 1.807) is 5.32 Å². The van der Waals surface area contributed by atoms with Crippen molar-refractivity contribution in [2.24, 2.45) is 0 Å². The molecular formula is C20H19ClF4N4O3. The van der Waals surface area contributed by atoms with E-state index in [9.17, 15) is 31.9 Å². The number of carbonyl (C=O) groups excluding carboxylic acids is 3. The summed E-state index contributed by atoms with van der Waals surface area (Å²) < 4.78 is 53.1. The zero-order valence-corrected chi connectivity index (χ0v) is 17.8. The maximum Gasteiger partial charge on any atom is 0.408 e. The van der Waals surface area contributed by atoms with E-state index in [4.69, 9.17) is 11.6 Å². The van der Waals surface area contributed by atoms with E-state index in [1.807, 2.05) is 0 Å². The number of pyridine rings is 1. The van der Waals surface area contributed by atoms with Crippen molar-refractivity contribution in [3.8, 4) is 0 Å². The van der Waals surface area contributed by atoms with Gasteiger partial charge in [0.1, 0.15) is 11.7 Å². The summed E-state index contributed by atoms with van der Waals surface area (Å²) in [6.45, 7) is 2.43. The number of hydrogen-bond donors (Lipinski definition) is 2. The number of Topliss-reactive ketones (excluding diaryl/α,β-unsaturated/α-hetero) is 1. The Labute approximate surface area is 185 Å². The van der Waals surface area contributed by atoms with Crippen LogP contribution in [0.25, 0.3) is 0 Å². The molecule has 1 atom stereocenters. The van der Waals surface area contributed by atoms with Gasteiger partial charge in [0.25, 0.3) is 17.6 Å². The number of nitrogens with zero attached hydrogens (tertiary/aromatic N) is 2. The van der Waals surface area contributed by atoms with E-state index in [2.05, 4.69) is 10.3 Å². The Morgan fingerprint density at radius 3 is 2.56 bits per heavy atom. The fourth-order valence-corrected chi connectivity index (χ4v) is 3.81. The normalized spacial score (nSPS) is 14.5. The predicted octanol–water partition coefficient (Wildman–Crippen LogP) is 3.82. The third-order valence-electron chi connectivity index (χ3n) is 5.12. The van der Waals surface area contributed by atoms with Gasteiger partial charge in [-0.15, -0.1) is 0 Å². The Hall–Kier alpha value is -2.95. The minimum Gasteiger partial charge on any atom is -0.340 e. The number of fused-ring (bicyclic) bond motifs is 1. The molecule has 3 heterocycles. The van der Waals surface area contributed by atoms with Gasteiger partial charge in [-0.25, -0.2) is 4.98 Å². The Bertz CT molecular complexity index is 1100. The lowest BCUT2D eigenvalue weighted by Crippen LogP contribution is -2.46. The smallest absolute Gasteiger partial charge is 0.340 e. The highest BCUT2D eigenvalue weighted by atomic mass is 35.5. The zero-order chi connectivity index (χ0) is 23.8. The molecule has 0 saturated carbocycles. The Morgan fingerprint density at radius 2 is 1.94 bits per heavy atom. The molecule has 1 aliphatic heterocycles. The summed E-state index contributed by atoms with van der Waals surface area (Å²) in [5.74, 6) is -4.16. The molecule has 0 bridgehead atoms. The molecule has 3 rings (SSSR count). The maximum atomic E-state index is 13.4. The molecule has 7 nitrogen and oxygen atoms in total. The first kappa shape index (κ1) is 23.7. The van der Waals surface area contributed by atoms with E-state index >= 15 is 0 Å². The van der Waals surface area contributed by atoms with Crippen LogP contribution in [0.4, 0.5) is 23.2 Å². The van der Waals surface area contributed by atoms with Crippen molar-refractivity contribution in [2.75, 3.05) is 5.32 Å². The first-order valence-electron chi connectivity index (χ1n) is 9.68. The number of nitrogens with one attached hydrogen (secondary N) is 2. The lowest BCUT2D eigenvalue weighted by atomic mass is 10.1. The van der Waals surface area contributed by atoms with E-state index in [0.29, 0.717) is 31.9 Å². The highest BCUT2D eigenvalue weighted by Gasteiger charge is 2.40. The van der Waals surface area contributed by atoms with Crippen molar-refractivity contribution in [1.82, 2.24) is 14.9 Å². The molecule has 172 valence electrons. The van der Waals surface area contributed by atoms with Crippen LogP contribution < -0.4 is 10.6 Å². The molecule has 12 heteroatoms. The fraction of sp³-hybridized carbons (Fsp3) is 0.400. The summed E-state index contributed by atoms with van der Waals surface area (Å²) in [4.78, 5) is 41.4. The second-order valence-electron chi connectivity index (χ2n) is 7.44. The number of carbonyl (C=O) groups is 3. The van der Waals surface area contributed by atoms with Gasteiger partial charge >= 0.3 is 6.18 Å². The van der Waals surface area contributed by atoms with Gasteiger partial charge in [-0.05, 0) is 39.2 Å². The van der Waals surface area contributed by atoms with Gasteiger partial charge in [-0.2, -0.15) is 17.6 Å². The largest absolute Gasteiger partial charge is 0.408 e. The van der Waals surface area contributed by atoms with Crippen LogP contribution in [0.2, 0.25) is 5.02 Å². The molecule has 2 N–H and O–H groups in total. The molecular weight excluding hydrogens is 456 g/mol. The van der Waals surface area contributed by atoms with Crippen molar-refractivity contribution < 1.29 is 31.9 Å². The second kappa shape index (κ2) is 8.89. The molecule has 2 aromatic rings. The number of ketones is 1. The number of rotatable bonds is 5. The molecule has 0 aromatic carbocycles. The first-order chi connectivity index (χ1) is 14.9. The monoisotopic (exact) mass is 474 g/mol. The van der Waals surface area contributed by atoms with E-state index < -0.39 is 35.8 Å². The van der Waals surface area contributed by atoms with Crippen molar-refractivity contribution in [3.63, 3.8) is 0 Å². The highest BCUT2D eigenvalue weighted by Crippen LogP contribution is 2.33. The van der Waals surface area contributed by atoms with E-state index in [0.717, 1.165) is 6.20 Å². The van der Waals surface area contributed by atoms with Gasteiger partial charge in [0.05, 0.1) is 22.5 Å². The lowest BCUT2D eigenvalue weighted by molar-refractivity contribution is -0.156. The van der Waals surface area contributed by atoms with Crippen molar-refractivity contribution in [3.05, 3.63) is 45.7 Å². The molecule has 32 heavy (non-hydrogen) atoms. The zero-order valence-electron chi connectivity index (χ0n) is 17.1. The average Bonchev–Trinajstić information content (AvgIpc) is 3.01. The maximum absolute atomic E-state index is 13.4. The van der Waals surface area contributed by atoms with Crippen LogP contribution in [-0.4, -0.2) is 39.4 Å². The Morgan fingerprint density at radius 1 is 1.25 bits per heavy atom. The quantitative estimate of drug-likeness (QED) is 0.298. The van der Waals surface area contributed by atoms with Gasteiger partial charge < -0.3 is 15.2 Å². The highest BCUT2D eigenvalue weighted by molar-refractivity contribution is 6.48. The summed E-state index contributed by atoms with van der Waals surface area (Å²) in [5, 5.41) is 3.81. The van der Waals surface area contributed by atoms with Crippen LogP contribution in [0.5, 0.6) is 0 Å². The number of anilines is 1. The first-order valence-corrected chi connectivity index (χ1v) is 10.1.